The lowest BCUT2D eigenvalue weighted by Crippen LogP contribution is -2.19. The van der Waals surface area contributed by atoms with Gasteiger partial charge in [0.1, 0.15) is 10.6 Å². The summed E-state index contributed by atoms with van der Waals surface area (Å²) in [6, 6.07) is 18.6. The number of aryl methyl sites for hydroxylation is 1. The van der Waals surface area contributed by atoms with Crippen molar-refractivity contribution in [2.24, 2.45) is 0 Å². The van der Waals surface area contributed by atoms with E-state index in [1.165, 1.54) is 23.8 Å². The first kappa shape index (κ1) is 27.8. The van der Waals surface area contributed by atoms with Crippen molar-refractivity contribution in [1.29, 1.82) is 0 Å². The first-order valence-corrected chi connectivity index (χ1v) is 13.2. The maximum Gasteiger partial charge on any atom is 0.339 e. The molecule has 6 nitrogen and oxygen atoms in total. The van der Waals surface area contributed by atoms with E-state index in [4.69, 9.17) is 4.74 Å². The van der Waals surface area contributed by atoms with Gasteiger partial charge in [0.25, 0.3) is 5.56 Å². The highest BCUT2D eigenvalue weighted by Gasteiger charge is 2.31. The van der Waals surface area contributed by atoms with Gasteiger partial charge in [0.05, 0.1) is 18.3 Å². The van der Waals surface area contributed by atoms with Crippen LogP contribution in [0.2, 0.25) is 0 Å². The van der Waals surface area contributed by atoms with Crippen LogP contribution in [-0.2, 0) is 10.1 Å². The molecule has 0 spiro atoms. The molecule has 0 saturated carbocycles. The normalized spacial score (nSPS) is 11.6. The molecule has 0 unspecified atom stereocenters. The Bertz CT molecular complexity index is 2000. The Kier molecular flexibility index (Phi) is 7.03. The summed E-state index contributed by atoms with van der Waals surface area (Å²) in [5.41, 5.74) is 2.88. The van der Waals surface area contributed by atoms with Crippen molar-refractivity contribution in [2.75, 3.05) is 7.11 Å². The molecule has 0 aliphatic carbocycles. The van der Waals surface area contributed by atoms with E-state index in [0.717, 1.165) is 34.9 Å². The highest BCUT2D eigenvalue weighted by atomic mass is 32.2. The molecule has 5 rings (SSSR count). The predicted molar refractivity (Wildman–Crippen MR) is 140 cm³/mol. The molecular formula is C29H18F5NO5S. The molecule has 4 aromatic carbocycles. The Balaban J connectivity index is 1.60. The van der Waals surface area contributed by atoms with Crippen molar-refractivity contribution in [1.82, 2.24) is 4.57 Å². The van der Waals surface area contributed by atoms with Gasteiger partial charge in [-0.1, -0.05) is 35.9 Å². The second-order valence-corrected chi connectivity index (χ2v) is 10.5. The molecule has 0 fully saturated rings. The van der Waals surface area contributed by atoms with Crippen LogP contribution in [-0.4, -0.2) is 20.1 Å². The summed E-state index contributed by atoms with van der Waals surface area (Å²) in [5, 5.41) is 0.177. The molecule has 0 saturated heterocycles. The minimum atomic E-state index is -5.08. The number of hydrogen-bond donors (Lipinski definition) is 0. The van der Waals surface area contributed by atoms with Crippen molar-refractivity contribution in [3.63, 3.8) is 0 Å². The predicted octanol–water partition coefficient (Wildman–Crippen LogP) is 6.44. The maximum absolute atomic E-state index is 14.1. The number of methoxy groups -OCH3 is 1. The van der Waals surface area contributed by atoms with E-state index in [9.17, 15) is 35.2 Å². The zero-order chi connectivity index (χ0) is 29.6. The second kappa shape index (κ2) is 10.4. The van der Waals surface area contributed by atoms with E-state index in [1.807, 2.05) is 31.2 Å². The molecule has 0 N–H and O–H groups in total. The highest BCUT2D eigenvalue weighted by Crippen LogP contribution is 2.34. The van der Waals surface area contributed by atoms with Gasteiger partial charge >= 0.3 is 10.1 Å². The third-order valence-electron chi connectivity index (χ3n) is 6.29. The van der Waals surface area contributed by atoms with Gasteiger partial charge < -0.3 is 8.92 Å². The monoisotopic (exact) mass is 587 g/mol. The fraction of sp³-hybridized carbons (Fsp3) is 0.0690. The van der Waals surface area contributed by atoms with E-state index in [2.05, 4.69) is 4.18 Å². The van der Waals surface area contributed by atoms with Crippen LogP contribution in [0.5, 0.6) is 11.5 Å². The Labute approximate surface area is 229 Å². The van der Waals surface area contributed by atoms with Crippen LogP contribution in [0.25, 0.3) is 27.7 Å². The van der Waals surface area contributed by atoms with Crippen molar-refractivity contribution in [2.45, 2.75) is 11.8 Å². The molecule has 0 aliphatic rings. The average Bonchev–Trinajstić information content (AvgIpc) is 2.96. The van der Waals surface area contributed by atoms with Gasteiger partial charge in [0.15, 0.2) is 0 Å². The Hall–Kier alpha value is -4.71. The van der Waals surface area contributed by atoms with E-state index in [1.54, 1.807) is 18.2 Å². The van der Waals surface area contributed by atoms with E-state index >= 15 is 0 Å². The van der Waals surface area contributed by atoms with Crippen LogP contribution in [0.4, 0.5) is 22.0 Å². The molecule has 0 atom stereocenters. The number of ether oxygens (including phenoxy) is 1. The standard InChI is InChI=1S/C29H18F5NO5S/c1-15-4-3-5-16(12-15)17-6-9-21(22(14-17)39-2)35-20-10-8-19(13-18(20)7-11-23(35)36)41(37,38)40-29-27(33)25(31)24(30)26(32)28(29)34/h3-14H,1-2H3. The van der Waals surface area contributed by atoms with Crippen LogP contribution >= 0.6 is 0 Å². The minimum Gasteiger partial charge on any atom is -0.495 e. The topological polar surface area (TPSA) is 74.6 Å². The van der Waals surface area contributed by atoms with Gasteiger partial charge in [-0.2, -0.15) is 17.2 Å². The molecule has 41 heavy (non-hydrogen) atoms. The molecule has 0 aliphatic heterocycles. The molecule has 0 amide bonds. The van der Waals surface area contributed by atoms with Crippen molar-refractivity contribution < 1.29 is 39.3 Å². The van der Waals surface area contributed by atoms with Gasteiger partial charge in [0, 0.05) is 11.5 Å². The number of pyridine rings is 1. The fourth-order valence-electron chi connectivity index (χ4n) is 4.31. The number of halogens is 5. The largest absolute Gasteiger partial charge is 0.495 e. The molecule has 1 heterocycles. The number of aromatic nitrogens is 1. The zero-order valence-electron chi connectivity index (χ0n) is 21.2. The smallest absolute Gasteiger partial charge is 0.339 e. The maximum atomic E-state index is 14.1. The highest BCUT2D eigenvalue weighted by molar-refractivity contribution is 7.87. The van der Waals surface area contributed by atoms with Gasteiger partial charge in [-0.3, -0.25) is 9.36 Å². The Morgan fingerprint density at radius 3 is 2.05 bits per heavy atom. The summed E-state index contributed by atoms with van der Waals surface area (Å²) in [4.78, 5) is 12.3. The van der Waals surface area contributed by atoms with Crippen molar-refractivity contribution in [3.8, 4) is 28.3 Å². The van der Waals surface area contributed by atoms with Crippen LogP contribution in [0.15, 0.2) is 82.5 Å². The molecule has 0 bridgehead atoms. The Morgan fingerprint density at radius 1 is 0.732 bits per heavy atom. The van der Waals surface area contributed by atoms with Crippen LogP contribution in [0, 0.1) is 36.0 Å². The zero-order valence-corrected chi connectivity index (χ0v) is 22.0. The fourth-order valence-corrected chi connectivity index (χ4v) is 5.28. The molecular weight excluding hydrogens is 569 g/mol. The summed E-state index contributed by atoms with van der Waals surface area (Å²) in [6.45, 7) is 1.95. The number of nitrogens with zero attached hydrogens (tertiary/aromatic N) is 1. The molecule has 12 heteroatoms. The third-order valence-corrected chi connectivity index (χ3v) is 7.51. The summed E-state index contributed by atoms with van der Waals surface area (Å²) in [7, 11) is -3.66. The summed E-state index contributed by atoms with van der Waals surface area (Å²) in [5.74, 6) is -13.7. The molecule has 210 valence electrons. The number of benzene rings is 4. The number of rotatable bonds is 6. The lowest BCUT2D eigenvalue weighted by Gasteiger charge is -2.16. The van der Waals surface area contributed by atoms with E-state index in [-0.39, 0.29) is 10.9 Å². The lowest BCUT2D eigenvalue weighted by atomic mass is 10.0. The van der Waals surface area contributed by atoms with E-state index < -0.39 is 55.4 Å². The number of hydrogen-bond acceptors (Lipinski definition) is 5. The molecule has 1 aromatic heterocycles. The minimum absolute atomic E-state index is 0.177. The molecule has 5 aromatic rings. The summed E-state index contributed by atoms with van der Waals surface area (Å²) < 4.78 is 105. The Morgan fingerprint density at radius 2 is 1.39 bits per heavy atom. The first-order chi connectivity index (χ1) is 19.4. The average molecular weight is 588 g/mol. The second-order valence-electron chi connectivity index (χ2n) is 8.92. The van der Waals surface area contributed by atoms with Crippen molar-refractivity contribution >= 4 is 21.0 Å². The quantitative estimate of drug-likeness (QED) is 0.0990. The van der Waals surface area contributed by atoms with E-state index in [0.29, 0.717) is 11.4 Å². The van der Waals surface area contributed by atoms with Gasteiger partial charge in [-0.15, -0.1) is 0 Å². The van der Waals surface area contributed by atoms with Gasteiger partial charge in [-0.25, -0.2) is 13.2 Å². The summed E-state index contributed by atoms with van der Waals surface area (Å²) >= 11 is 0. The first-order valence-electron chi connectivity index (χ1n) is 11.8. The van der Waals surface area contributed by atoms with Crippen LogP contribution < -0.4 is 14.5 Å². The van der Waals surface area contributed by atoms with Crippen molar-refractivity contribution in [3.05, 3.63) is 118 Å². The van der Waals surface area contributed by atoms with Gasteiger partial charge in [0.2, 0.25) is 34.8 Å². The van der Waals surface area contributed by atoms with Crippen LogP contribution in [0.3, 0.4) is 0 Å². The van der Waals surface area contributed by atoms with Crippen LogP contribution in [0.1, 0.15) is 5.56 Å². The SMILES string of the molecule is COc1cc(-c2cccc(C)c2)ccc1-n1c(=O)ccc2cc(S(=O)(=O)Oc3c(F)c(F)c(F)c(F)c3F)ccc21. The lowest BCUT2D eigenvalue weighted by molar-refractivity contribution is 0.346. The summed E-state index contributed by atoms with van der Waals surface area (Å²) in [6.07, 6.45) is 0. The number of fused-ring (bicyclic) bond motifs is 1. The van der Waals surface area contributed by atoms with Gasteiger partial charge in [-0.05, 0) is 54.4 Å². The molecule has 0 radical (unpaired) electrons. The third kappa shape index (κ3) is 4.91.